The lowest BCUT2D eigenvalue weighted by Gasteiger charge is -2.25. The molecule has 0 fully saturated rings. The lowest BCUT2D eigenvalue weighted by Crippen LogP contribution is -2.26. The predicted octanol–water partition coefficient (Wildman–Crippen LogP) is 3.37. The van der Waals surface area contributed by atoms with Crippen molar-refractivity contribution in [3.63, 3.8) is 0 Å². The highest BCUT2D eigenvalue weighted by molar-refractivity contribution is 5.07. The van der Waals surface area contributed by atoms with E-state index in [-0.39, 0.29) is 0 Å². The molecular weight excluding hydrogens is 224 g/mol. The Labute approximate surface area is 110 Å². The third-order valence-corrected chi connectivity index (χ3v) is 3.67. The van der Waals surface area contributed by atoms with Gasteiger partial charge in [0.15, 0.2) is 0 Å². The molecular formula is C15H24N2O. The number of hydrogen-bond donors (Lipinski definition) is 1. The topological polar surface area (TPSA) is 38.1 Å². The van der Waals surface area contributed by atoms with Crippen LogP contribution in [0.1, 0.15) is 44.0 Å². The number of oxazole rings is 1. The van der Waals surface area contributed by atoms with E-state index in [4.69, 9.17) is 4.42 Å². The Hall–Kier alpha value is -1.09. The lowest BCUT2D eigenvalue weighted by atomic mass is 9.84. The molecule has 1 aliphatic rings. The summed E-state index contributed by atoms with van der Waals surface area (Å²) in [4.78, 5) is 4.38. The van der Waals surface area contributed by atoms with Gasteiger partial charge in [0.25, 0.3) is 0 Å². The second kappa shape index (κ2) is 5.70. The summed E-state index contributed by atoms with van der Waals surface area (Å²) in [6.45, 7) is 10.3. The first-order valence-electron chi connectivity index (χ1n) is 6.85. The monoisotopic (exact) mass is 248 g/mol. The van der Waals surface area contributed by atoms with Crippen LogP contribution >= 0.6 is 0 Å². The van der Waals surface area contributed by atoms with E-state index in [0.717, 1.165) is 42.3 Å². The minimum Gasteiger partial charge on any atom is -0.444 e. The summed E-state index contributed by atoms with van der Waals surface area (Å²) in [6, 6.07) is 0. The zero-order valence-electron chi connectivity index (χ0n) is 11.9. The maximum absolute atomic E-state index is 5.56. The van der Waals surface area contributed by atoms with E-state index in [9.17, 15) is 0 Å². The van der Waals surface area contributed by atoms with Gasteiger partial charge in [-0.3, -0.25) is 0 Å². The van der Waals surface area contributed by atoms with Crippen LogP contribution < -0.4 is 5.32 Å². The van der Waals surface area contributed by atoms with Gasteiger partial charge in [-0.15, -0.1) is 0 Å². The SMILES string of the molecule is CC1=CC(C)CC(CNCc2nc(C)c(C)o2)C1. The van der Waals surface area contributed by atoms with Gasteiger partial charge >= 0.3 is 0 Å². The molecule has 3 heteroatoms. The van der Waals surface area contributed by atoms with Gasteiger partial charge in [-0.25, -0.2) is 4.98 Å². The van der Waals surface area contributed by atoms with Crippen molar-refractivity contribution in [1.29, 1.82) is 0 Å². The van der Waals surface area contributed by atoms with Crippen molar-refractivity contribution in [1.82, 2.24) is 10.3 Å². The molecule has 0 saturated carbocycles. The number of aromatic nitrogens is 1. The summed E-state index contributed by atoms with van der Waals surface area (Å²) in [5, 5.41) is 3.47. The van der Waals surface area contributed by atoms with Gasteiger partial charge in [0, 0.05) is 0 Å². The largest absolute Gasteiger partial charge is 0.444 e. The van der Waals surface area contributed by atoms with Crippen LogP contribution in [0.3, 0.4) is 0 Å². The Morgan fingerprint density at radius 2 is 2.17 bits per heavy atom. The number of hydrogen-bond acceptors (Lipinski definition) is 3. The Morgan fingerprint density at radius 3 is 2.78 bits per heavy atom. The molecule has 1 heterocycles. The molecule has 2 atom stereocenters. The van der Waals surface area contributed by atoms with Gasteiger partial charge in [-0.1, -0.05) is 18.6 Å². The first-order valence-corrected chi connectivity index (χ1v) is 6.85. The van der Waals surface area contributed by atoms with Crippen LogP contribution in [0.2, 0.25) is 0 Å². The number of rotatable bonds is 4. The molecule has 1 aromatic heterocycles. The van der Waals surface area contributed by atoms with Crippen molar-refractivity contribution in [2.45, 2.75) is 47.1 Å². The molecule has 2 unspecified atom stereocenters. The molecule has 100 valence electrons. The van der Waals surface area contributed by atoms with Crippen LogP contribution in [0.5, 0.6) is 0 Å². The van der Waals surface area contributed by atoms with E-state index in [1.54, 1.807) is 0 Å². The van der Waals surface area contributed by atoms with Crippen LogP contribution in [0, 0.1) is 25.7 Å². The first kappa shape index (κ1) is 13.3. The quantitative estimate of drug-likeness (QED) is 0.830. The second-order valence-corrected chi connectivity index (χ2v) is 5.68. The fourth-order valence-electron chi connectivity index (χ4n) is 2.84. The standard InChI is InChI=1S/C15H24N2O/c1-10-5-11(2)7-14(6-10)8-16-9-15-17-12(3)13(4)18-15/h5,10,14,16H,6-9H2,1-4H3. The Balaban J connectivity index is 1.77. The van der Waals surface area contributed by atoms with E-state index in [1.165, 1.54) is 18.4 Å². The fraction of sp³-hybridized carbons (Fsp3) is 0.667. The second-order valence-electron chi connectivity index (χ2n) is 5.68. The smallest absolute Gasteiger partial charge is 0.208 e. The van der Waals surface area contributed by atoms with E-state index in [2.05, 4.69) is 30.2 Å². The molecule has 0 bridgehead atoms. The van der Waals surface area contributed by atoms with Crippen LogP contribution in [-0.4, -0.2) is 11.5 Å². The summed E-state index contributed by atoms with van der Waals surface area (Å²) >= 11 is 0. The van der Waals surface area contributed by atoms with Gasteiger partial charge < -0.3 is 9.73 Å². The molecule has 0 radical (unpaired) electrons. The summed E-state index contributed by atoms with van der Waals surface area (Å²) in [6.07, 6.45) is 4.91. The van der Waals surface area contributed by atoms with Crippen molar-refractivity contribution < 1.29 is 4.42 Å². The Kier molecular flexibility index (Phi) is 4.23. The van der Waals surface area contributed by atoms with Crippen LogP contribution in [0.4, 0.5) is 0 Å². The summed E-state index contributed by atoms with van der Waals surface area (Å²) < 4.78 is 5.56. The van der Waals surface area contributed by atoms with Crippen molar-refractivity contribution in [2.75, 3.05) is 6.54 Å². The first-order chi connectivity index (χ1) is 8.54. The van der Waals surface area contributed by atoms with Crippen LogP contribution in [0.15, 0.2) is 16.1 Å². The van der Waals surface area contributed by atoms with Crippen LogP contribution in [-0.2, 0) is 6.54 Å². The summed E-state index contributed by atoms with van der Waals surface area (Å²) in [5.74, 6) is 3.21. The van der Waals surface area contributed by atoms with Crippen molar-refractivity contribution in [2.24, 2.45) is 11.8 Å². The average molecular weight is 248 g/mol. The highest BCUT2D eigenvalue weighted by Crippen LogP contribution is 2.27. The van der Waals surface area contributed by atoms with Crippen molar-refractivity contribution in [3.05, 3.63) is 29.0 Å². The third-order valence-electron chi connectivity index (χ3n) is 3.67. The molecule has 1 N–H and O–H groups in total. The van der Waals surface area contributed by atoms with Crippen molar-refractivity contribution >= 4 is 0 Å². The summed E-state index contributed by atoms with van der Waals surface area (Å²) in [5.41, 5.74) is 2.53. The minimum atomic E-state index is 0.719. The molecule has 0 amide bonds. The van der Waals surface area contributed by atoms with E-state index >= 15 is 0 Å². The Morgan fingerprint density at radius 1 is 1.39 bits per heavy atom. The number of aryl methyl sites for hydroxylation is 2. The van der Waals surface area contributed by atoms with Crippen molar-refractivity contribution in [3.8, 4) is 0 Å². The molecule has 18 heavy (non-hydrogen) atoms. The van der Waals surface area contributed by atoms with E-state index in [0.29, 0.717) is 0 Å². The minimum absolute atomic E-state index is 0.719. The van der Waals surface area contributed by atoms with Gasteiger partial charge in [0.05, 0.1) is 12.2 Å². The molecule has 0 saturated heterocycles. The number of allylic oxidation sites excluding steroid dienone is 2. The average Bonchev–Trinajstić information content (AvgIpc) is 2.57. The van der Waals surface area contributed by atoms with Gasteiger partial charge in [0.2, 0.25) is 5.89 Å². The van der Waals surface area contributed by atoms with Gasteiger partial charge in [-0.05, 0) is 52.0 Å². The van der Waals surface area contributed by atoms with Gasteiger partial charge in [0.1, 0.15) is 5.76 Å². The molecule has 0 aliphatic heterocycles. The molecule has 0 spiro atoms. The Bertz CT molecular complexity index is 414. The zero-order valence-corrected chi connectivity index (χ0v) is 11.9. The molecule has 1 aliphatic carbocycles. The summed E-state index contributed by atoms with van der Waals surface area (Å²) in [7, 11) is 0. The maximum atomic E-state index is 5.56. The van der Waals surface area contributed by atoms with E-state index in [1.807, 2.05) is 13.8 Å². The highest BCUT2D eigenvalue weighted by Gasteiger charge is 2.17. The fourth-order valence-corrected chi connectivity index (χ4v) is 2.84. The normalized spacial score (nSPS) is 24.1. The molecule has 2 rings (SSSR count). The molecule has 3 nitrogen and oxygen atoms in total. The lowest BCUT2D eigenvalue weighted by molar-refractivity contribution is 0.367. The molecule has 1 aromatic rings. The van der Waals surface area contributed by atoms with Crippen LogP contribution in [0.25, 0.3) is 0 Å². The predicted molar refractivity (Wildman–Crippen MR) is 73.3 cm³/mol. The maximum Gasteiger partial charge on any atom is 0.208 e. The molecule has 0 aromatic carbocycles. The third kappa shape index (κ3) is 3.45. The van der Waals surface area contributed by atoms with Gasteiger partial charge in [-0.2, -0.15) is 0 Å². The van der Waals surface area contributed by atoms with E-state index < -0.39 is 0 Å². The number of nitrogens with one attached hydrogen (secondary N) is 1. The number of nitrogens with zero attached hydrogens (tertiary/aromatic N) is 1. The zero-order chi connectivity index (χ0) is 13.1. The highest BCUT2D eigenvalue weighted by atomic mass is 16.4.